The lowest BCUT2D eigenvalue weighted by molar-refractivity contribution is -0.129. The number of benzene rings is 2. The number of aryl methyl sites for hydroxylation is 1. The third-order valence-corrected chi connectivity index (χ3v) is 7.47. The van der Waals surface area contributed by atoms with Gasteiger partial charge in [0.25, 0.3) is 0 Å². The smallest absolute Gasteiger partial charge is 0.243 e. The predicted molar refractivity (Wildman–Crippen MR) is 158 cm³/mol. The van der Waals surface area contributed by atoms with E-state index < -0.39 is 0 Å². The van der Waals surface area contributed by atoms with Crippen molar-refractivity contribution < 1.29 is 19.5 Å². The average Bonchev–Trinajstić information content (AvgIpc) is 3.72. The molecule has 10 nitrogen and oxygen atoms in total. The lowest BCUT2D eigenvalue weighted by atomic mass is 10.1. The van der Waals surface area contributed by atoms with Crippen molar-refractivity contribution in [2.75, 3.05) is 25.7 Å². The highest BCUT2D eigenvalue weighted by molar-refractivity contribution is 5.82. The number of hydroxylamine groups is 1. The summed E-state index contributed by atoms with van der Waals surface area (Å²) in [6, 6.07) is 12.2. The Balaban J connectivity index is 1.28. The summed E-state index contributed by atoms with van der Waals surface area (Å²) < 4.78 is 13.0. The van der Waals surface area contributed by atoms with Gasteiger partial charge in [-0.1, -0.05) is 19.3 Å². The van der Waals surface area contributed by atoms with Gasteiger partial charge in [-0.2, -0.15) is 5.10 Å². The number of anilines is 2. The van der Waals surface area contributed by atoms with Crippen LogP contribution in [0.3, 0.4) is 0 Å². The van der Waals surface area contributed by atoms with Crippen molar-refractivity contribution in [1.29, 1.82) is 0 Å². The molecule has 1 saturated carbocycles. The molecule has 1 aliphatic carbocycles. The van der Waals surface area contributed by atoms with Crippen LogP contribution in [-0.4, -0.2) is 51.6 Å². The largest absolute Gasteiger partial charge is 0.497 e. The van der Waals surface area contributed by atoms with Crippen LogP contribution < -0.4 is 19.9 Å². The average molecular weight is 559 g/mol. The van der Waals surface area contributed by atoms with Crippen molar-refractivity contribution in [3.05, 3.63) is 55.0 Å². The molecule has 4 aromatic rings. The Morgan fingerprint density at radius 1 is 0.976 bits per heavy atom. The van der Waals surface area contributed by atoms with E-state index in [0.29, 0.717) is 12.3 Å². The molecule has 0 atom stereocenters. The van der Waals surface area contributed by atoms with Crippen LogP contribution in [-0.2, 0) is 11.3 Å². The minimum absolute atomic E-state index is 0.324. The fourth-order valence-corrected chi connectivity index (χ4v) is 4.94. The number of aromatic nitrogens is 4. The van der Waals surface area contributed by atoms with Gasteiger partial charge >= 0.3 is 0 Å². The second-order valence-corrected chi connectivity index (χ2v) is 10.6. The summed E-state index contributed by atoms with van der Waals surface area (Å²) in [5.41, 5.74) is 7.15. The van der Waals surface area contributed by atoms with Crippen molar-refractivity contribution in [3.8, 4) is 22.8 Å². The molecule has 1 amide bonds. The Kier molecular flexibility index (Phi) is 9.30. The standard InChI is InChI=1S/C31H38N6O4/c1-40-26-14-25(15-27(17-26)41-2)37(20-22-9-10-22)24-11-12-28-29(16-24)34-30(19-32-28)23-18-33-36(21-23)13-7-5-3-4-6-8-31(38)35-39/h11-12,14-19,21-22,39H,3-10,13,20H2,1-2H3,(H,35,38). The fourth-order valence-electron chi connectivity index (χ4n) is 4.94. The Labute approximate surface area is 240 Å². The summed E-state index contributed by atoms with van der Waals surface area (Å²) in [5.74, 6) is 1.85. The summed E-state index contributed by atoms with van der Waals surface area (Å²) in [6.07, 6.45) is 13.4. The molecule has 2 aromatic carbocycles. The van der Waals surface area contributed by atoms with Crippen LogP contribution in [0.2, 0.25) is 0 Å². The minimum atomic E-state index is -0.324. The Hall–Kier alpha value is -4.18. The number of methoxy groups -OCH3 is 2. The molecule has 2 heterocycles. The van der Waals surface area contributed by atoms with Crippen molar-refractivity contribution in [3.63, 3.8) is 0 Å². The monoisotopic (exact) mass is 558 g/mol. The fraction of sp³-hybridized carbons (Fsp3) is 0.419. The van der Waals surface area contributed by atoms with Gasteiger partial charge in [-0.15, -0.1) is 0 Å². The molecular formula is C31H38N6O4. The van der Waals surface area contributed by atoms with E-state index >= 15 is 0 Å². The molecule has 10 heteroatoms. The first kappa shape index (κ1) is 28.4. The number of amides is 1. The number of fused-ring (bicyclic) bond motifs is 1. The number of unbranched alkanes of at least 4 members (excludes halogenated alkanes) is 4. The third kappa shape index (κ3) is 7.52. The third-order valence-electron chi connectivity index (χ3n) is 7.47. The maximum atomic E-state index is 11.1. The second-order valence-electron chi connectivity index (χ2n) is 10.6. The van der Waals surface area contributed by atoms with E-state index in [-0.39, 0.29) is 5.91 Å². The zero-order valence-electron chi connectivity index (χ0n) is 23.8. The van der Waals surface area contributed by atoms with Gasteiger partial charge in [0.1, 0.15) is 11.5 Å². The van der Waals surface area contributed by atoms with Crippen LogP contribution in [0.5, 0.6) is 11.5 Å². The molecule has 1 aliphatic rings. The Bertz CT molecular complexity index is 1450. The summed E-state index contributed by atoms with van der Waals surface area (Å²) in [4.78, 5) is 23.0. The first-order valence-corrected chi connectivity index (χ1v) is 14.3. The summed E-state index contributed by atoms with van der Waals surface area (Å²) >= 11 is 0. The van der Waals surface area contributed by atoms with Crippen molar-refractivity contribution in [2.45, 2.75) is 57.9 Å². The van der Waals surface area contributed by atoms with Crippen molar-refractivity contribution in [1.82, 2.24) is 25.2 Å². The number of hydrogen-bond acceptors (Lipinski definition) is 8. The number of rotatable bonds is 15. The number of ether oxygens (including phenoxy) is 2. The highest BCUT2D eigenvalue weighted by Crippen LogP contribution is 2.38. The Morgan fingerprint density at radius 3 is 2.46 bits per heavy atom. The number of nitrogens with one attached hydrogen (secondary N) is 1. The summed E-state index contributed by atoms with van der Waals surface area (Å²) in [7, 11) is 3.34. The second kappa shape index (κ2) is 13.5. The molecule has 0 aliphatic heterocycles. The van der Waals surface area contributed by atoms with E-state index in [1.807, 2.05) is 41.3 Å². The minimum Gasteiger partial charge on any atom is -0.497 e. The number of carbonyl (C=O) groups excluding carboxylic acids is 1. The maximum absolute atomic E-state index is 11.1. The highest BCUT2D eigenvalue weighted by Gasteiger charge is 2.26. The molecule has 1 fully saturated rings. The first-order chi connectivity index (χ1) is 20.1. The predicted octanol–water partition coefficient (Wildman–Crippen LogP) is 5.90. The summed E-state index contributed by atoms with van der Waals surface area (Å²) in [5, 5.41) is 13.1. The summed E-state index contributed by atoms with van der Waals surface area (Å²) in [6.45, 7) is 1.74. The van der Waals surface area contributed by atoms with Gasteiger partial charge in [-0.25, -0.2) is 10.5 Å². The molecule has 0 bridgehead atoms. The van der Waals surface area contributed by atoms with Crippen LogP contribution in [0, 0.1) is 5.92 Å². The SMILES string of the molecule is COc1cc(OC)cc(N(CC2CC2)c2ccc3ncc(-c4cnn(CCCCCCCC(=O)NO)c4)nc3c2)c1. The molecule has 0 unspecified atom stereocenters. The number of carbonyl (C=O) groups is 1. The molecule has 0 saturated heterocycles. The Morgan fingerprint density at radius 2 is 1.73 bits per heavy atom. The zero-order chi connectivity index (χ0) is 28.6. The van der Waals surface area contributed by atoms with Gasteiger partial charge in [-0.05, 0) is 49.8 Å². The van der Waals surface area contributed by atoms with E-state index in [1.54, 1.807) is 25.9 Å². The molecule has 2 N–H and O–H groups in total. The zero-order valence-corrected chi connectivity index (χ0v) is 23.8. The maximum Gasteiger partial charge on any atom is 0.243 e. The molecule has 2 aromatic heterocycles. The normalized spacial score (nSPS) is 12.9. The number of nitrogens with zero attached hydrogens (tertiary/aromatic N) is 5. The first-order valence-electron chi connectivity index (χ1n) is 14.3. The lowest BCUT2D eigenvalue weighted by Gasteiger charge is -2.26. The van der Waals surface area contributed by atoms with E-state index in [9.17, 15) is 4.79 Å². The van der Waals surface area contributed by atoms with E-state index in [1.165, 1.54) is 12.8 Å². The number of hydrogen-bond donors (Lipinski definition) is 2. The van der Waals surface area contributed by atoms with Gasteiger partial charge in [0.2, 0.25) is 5.91 Å². The van der Waals surface area contributed by atoms with Crippen LogP contribution in [0.25, 0.3) is 22.3 Å². The van der Waals surface area contributed by atoms with Gasteiger partial charge in [-0.3, -0.25) is 19.7 Å². The van der Waals surface area contributed by atoms with Crippen molar-refractivity contribution >= 4 is 28.3 Å². The highest BCUT2D eigenvalue weighted by atomic mass is 16.5. The van der Waals surface area contributed by atoms with Crippen molar-refractivity contribution in [2.24, 2.45) is 5.92 Å². The van der Waals surface area contributed by atoms with E-state index in [2.05, 4.69) is 27.1 Å². The van der Waals surface area contributed by atoms with Crippen LogP contribution in [0.4, 0.5) is 11.4 Å². The molecule has 0 radical (unpaired) electrons. The molecule has 41 heavy (non-hydrogen) atoms. The molecule has 0 spiro atoms. The van der Waals surface area contributed by atoms with E-state index in [4.69, 9.17) is 19.7 Å². The van der Waals surface area contributed by atoms with Crippen LogP contribution >= 0.6 is 0 Å². The molecular weight excluding hydrogens is 520 g/mol. The quantitative estimate of drug-likeness (QED) is 0.105. The lowest BCUT2D eigenvalue weighted by Crippen LogP contribution is -2.20. The van der Waals surface area contributed by atoms with Gasteiger partial charge < -0.3 is 14.4 Å². The van der Waals surface area contributed by atoms with Gasteiger partial charge in [0.05, 0.1) is 43.3 Å². The van der Waals surface area contributed by atoms with Crippen LogP contribution in [0.1, 0.15) is 51.4 Å². The van der Waals surface area contributed by atoms with Gasteiger partial charge in [0.15, 0.2) is 0 Å². The van der Waals surface area contributed by atoms with Crippen LogP contribution in [0.15, 0.2) is 55.0 Å². The molecule has 5 rings (SSSR count). The topological polar surface area (TPSA) is 115 Å². The van der Waals surface area contributed by atoms with Gasteiger partial charge in [0, 0.05) is 60.8 Å². The molecule has 216 valence electrons. The van der Waals surface area contributed by atoms with E-state index in [0.717, 1.165) is 90.4 Å².